The zero-order valence-electron chi connectivity index (χ0n) is 16.0. The maximum atomic E-state index is 12.9. The van der Waals surface area contributed by atoms with Crippen molar-refractivity contribution in [3.05, 3.63) is 23.5 Å². The molecule has 2 heterocycles. The second kappa shape index (κ2) is 7.14. The highest BCUT2D eigenvalue weighted by molar-refractivity contribution is 6.05. The summed E-state index contributed by atoms with van der Waals surface area (Å²) in [5.74, 6) is 1.15. The molecule has 5 nitrogen and oxygen atoms in total. The summed E-state index contributed by atoms with van der Waals surface area (Å²) < 4.78 is 1.92. The van der Waals surface area contributed by atoms with Gasteiger partial charge in [-0.25, -0.2) is 9.67 Å². The maximum Gasteiger partial charge on any atom is 0.252 e. The van der Waals surface area contributed by atoms with Crippen LogP contribution in [-0.2, 0) is 0 Å². The summed E-state index contributed by atoms with van der Waals surface area (Å²) in [5.41, 5.74) is 2.59. The number of hydrogen-bond acceptors (Lipinski definition) is 3. The smallest absolute Gasteiger partial charge is 0.252 e. The van der Waals surface area contributed by atoms with Crippen LogP contribution < -0.4 is 5.32 Å². The van der Waals surface area contributed by atoms with Crippen molar-refractivity contribution in [2.45, 2.75) is 78.3 Å². The Morgan fingerprint density at radius 3 is 2.56 bits per heavy atom. The molecule has 136 valence electrons. The fraction of sp³-hybridized carbons (Fsp3) is 0.650. The topological polar surface area (TPSA) is 59.8 Å². The van der Waals surface area contributed by atoms with Crippen LogP contribution in [0, 0.1) is 5.92 Å². The lowest BCUT2D eigenvalue weighted by atomic mass is 10.0. The van der Waals surface area contributed by atoms with Crippen molar-refractivity contribution in [1.82, 2.24) is 20.1 Å². The Kier molecular flexibility index (Phi) is 5.11. The minimum Gasteiger partial charge on any atom is -0.350 e. The molecule has 5 heteroatoms. The van der Waals surface area contributed by atoms with Gasteiger partial charge in [-0.2, -0.15) is 5.10 Å². The fourth-order valence-corrected chi connectivity index (χ4v) is 3.15. The van der Waals surface area contributed by atoms with E-state index in [0.29, 0.717) is 11.8 Å². The molecule has 0 radical (unpaired) electrons. The summed E-state index contributed by atoms with van der Waals surface area (Å²) >= 11 is 0. The van der Waals surface area contributed by atoms with E-state index in [9.17, 15) is 4.79 Å². The number of rotatable bonds is 7. The van der Waals surface area contributed by atoms with Crippen LogP contribution in [0.5, 0.6) is 0 Å². The van der Waals surface area contributed by atoms with E-state index in [2.05, 4.69) is 45.0 Å². The van der Waals surface area contributed by atoms with Gasteiger partial charge in [0.15, 0.2) is 5.65 Å². The van der Waals surface area contributed by atoms with E-state index in [4.69, 9.17) is 4.98 Å². The van der Waals surface area contributed by atoms with E-state index in [1.54, 1.807) is 6.20 Å². The van der Waals surface area contributed by atoms with Crippen molar-refractivity contribution in [2.75, 3.05) is 0 Å². The molecule has 0 aromatic carbocycles. The minimum atomic E-state index is -0.00568. The molecule has 2 aromatic heterocycles. The van der Waals surface area contributed by atoms with Crippen molar-refractivity contribution >= 4 is 16.9 Å². The minimum absolute atomic E-state index is 0.00568. The van der Waals surface area contributed by atoms with Crippen LogP contribution >= 0.6 is 0 Å². The van der Waals surface area contributed by atoms with Gasteiger partial charge in [0.2, 0.25) is 0 Å². The average molecular weight is 342 g/mol. The lowest BCUT2D eigenvalue weighted by Crippen LogP contribution is -2.33. The number of pyridine rings is 1. The first kappa shape index (κ1) is 17.9. The first-order chi connectivity index (χ1) is 11.9. The third kappa shape index (κ3) is 4.02. The molecule has 2 aromatic rings. The zero-order chi connectivity index (χ0) is 18.1. The van der Waals surface area contributed by atoms with E-state index in [1.807, 2.05) is 10.7 Å². The van der Waals surface area contributed by atoms with Gasteiger partial charge < -0.3 is 5.32 Å². The molecular formula is C20H30N4O. The Bertz CT molecular complexity index is 758. The zero-order valence-corrected chi connectivity index (χ0v) is 16.0. The van der Waals surface area contributed by atoms with Gasteiger partial charge in [-0.3, -0.25) is 4.79 Å². The number of carbonyl (C=O) groups excluding carboxylic acids is 1. The average Bonchev–Trinajstić information content (AvgIpc) is 3.30. The summed E-state index contributed by atoms with van der Waals surface area (Å²) in [6.07, 6.45) is 6.23. The highest BCUT2D eigenvalue weighted by atomic mass is 16.1. The Hall–Kier alpha value is -1.91. The second-order valence-electron chi connectivity index (χ2n) is 8.13. The maximum absolute atomic E-state index is 12.9. The number of aromatic nitrogens is 3. The van der Waals surface area contributed by atoms with Gasteiger partial charge in [-0.05, 0) is 58.4 Å². The summed E-state index contributed by atoms with van der Waals surface area (Å²) in [6.45, 7) is 10.7. The summed E-state index contributed by atoms with van der Waals surface area (Å²) in [6, 6.07) is 2.37. The number of nitrogens with zero attached hydrogens (tertiary/aromatic N) is 3. The van der Waals surface area contributed by atoms with Gasteiger partial charge in [0.1, 0.15) is 0 Å². The second-order valence-corrected chi connectivity index (χ2v) is 8.13. The Morgan fingerprint density at radius 2 is 1.96 bits per heavy atom. The van der Waals surface area contributed by atoms with E-state index in [0.717, 1.165) is 35.1 Å². The molecule has 0 spiro atoms. The van der Waals surface area contributed by atoms with Crippen molar-refractivity contribution in [3.8, 4) is 0 Å². The van der Waals surface area contributed by atoms with Gasteiger partial charge in [-0.15, -0.1) is 0 Å². The molecule has 25 heavy (non-hydrogen) atoms. The molecule has 1 N–H and O–H groups in total. The molecule has 1 fully saturated rings. The molecule has 0 bridgehead atoms. The first-order valence-corrected chi connectivity index (χ1v) is 9.55. The normalized spacial score (nSPS) is 16.0. The Morgan fingerprint density at radius 1 is 1.24 bits per heavy atom. The monoisotopic (exact) mass is 342 g/mol. The molecule has 0 aliphatic heterocycles. The highest BCUT2D eigenvalue weighted by Crippen LogP contribution is 2.40. The number of nitrogens with one attached hydrogen (secondary N) is 1. The number of hydrogen-bond donors (Lipinski definition) is 1. The van der Waals surface area contributed by atoms with E-state index >= 15 is 0 Å². The molecule has 1 atom stereocenters. The van der Waals surface area contributed by atoms with Crippen LogP contribution in [0.2, 0.25) is 0 Å². The van der Waals surface area contributed by atoms with Crippen molar-refractivity contribution in [1.29, 1.82) is 0 Å². The van der Waals surface area contributed by atoms with Crippen LogP contribution in [0.1, 0.15) is 88.3 Å². The van der Waals surface area contributed by atoms with Crippen LogP contribution in [0.4, 0.5) is 0 Å². The van der Waals surface area contributed by atoms with E-state index in [1.165, 1.54) is 12.8 Å². The molecule has 1 amide bonds. The number of amides is 1. The standard InChI is InChI=1S/C20H30N4O/c1-12(2)6-7-14(5)22-20(25)16-10-18(15-8-9-15)23-19-17(16)11-21-24(19)13(3)4/h10-15H,6-9H2,1-5H3,(H,22,25). The largest absolute Gasteiger partial charge is 0.350 e. The molecule has 3 rings (SSSR count). The lowest BCUT2D eigenvalue weighted by molar-refractivity contribution is 0.0938. The summed E-state index contributed by atoms with van der Waals surface area (Å²) in [7, 11) is 0. The van der Waals surface area contributed by atoms with Crippen LogP contribution in [0.15, 0.2) is 12.3 Å². The van der Waals surface area contributed by atoms with E-state index < -0.39 is 0 Å². The molecular weight excluding hydrogens is 312 g/mol. The third-order valence-electron chi connectivity index (χ3n) is 4.87. The van der Waals surface area contributed by atoms with Crippen LogP contribution in [-0.4, -0.2) is 26.7 Å². The van der Waals surface area contributed by atoms with Gasteiger partial charge in [0, 0.05) is 23.7 Å². The predicted molar refractivity (Wildman–Crippen MR) is 101 cm³/mol. The van der Waals surface area contributed by atoms with Gasteiger partial charge in [0.25, 0.3) is 5.91 Å². The van der Waals surface area contributed by atoms with Crippen molar-refractivity contribution in [2.24, 2.45) is 5.92 Å². The summed E-state index contributed by atoms with van der Waals surface area (Å²) in [4.78, 5) is 17.7. The van der Waals surface area contributed by atoms with E-state index in [-0.39, 0.29) is 18.0 Å². The number of fused-ring (bicyclic) bond motifs is 1. The predicted octanol–water partition coefficient (Wildman–Crippen LogP) is 4.44. The molecule has 0 saturated heterocycles. The van der Waals surface area contributed by atoms with Crippen molar-refractivity contribution in [3.63, 3.8) is 0 Å². The molecule has 1 aliphatic carbocycles. The van der Waals surface area contributed by atoms with Gasteiger partial charge in [-0.1, -0.05) is 13.8 Å². The number of carbonyl (C=O) groups is 1. The molecule has 1 unspecified atom stereocenters. The quantitative estimate of drug-likeness (QED) is 0.809. The van der Waals surface area contributed by atoms with Gasteiger partial charge in [0.05, 0.1) is 17.1 Å². The van der Waals surface area contributed by atoms with Gasteiger partial charge >= 0.3 is 0 Å². The first-order valence-electron chi connectivity index (χ1n) is 9.55. The fourth-order valence-electron chi connectivity index (χ4n) is 3.15. The summed E-state index contributed by atoms with van der Waals surface area (Å²) in [5, 5.41) is 8.49. The SMILES string of the molecule is CC(C)CCC(C)NC(=O)c1cc(C2CC2)nc2c1cnn2C(C)C. The van der Waals surface area contributed by atoms with Crippen molar-refractivity contribution < 1.29 is 4.79 Å². The Labute approximate surface area is 150 Å². The highest BCUT2D eigenvalue weighted by Gasteiger charge is 2.28. The van der Waals surface area contributed by atoms with Crippen LogP contribution in [0.3, 0.4) is 0 Å². The molecule has 1 saturated carbocycles. The molecule has 1 aliphatic rings. The lowest BCUT2D eigenvalue weighted by Gasteiger charge is -2.16. The third-order valence-corrected chi connectivity index (χ3v) is 4.87. The Balaban J connectivity index is 1.90. The van der Waals surface area contributed by atoms with Crippen LogP contribution in [0.25, 0.3) is 11.0 Å².